The molecule has 1 aromatic rings. The second-order valence-electron chi connectivity index (χ2n) is 2.13. The number of phenolic OH excluding ortho intramolecular Hbond substituents is 2. The minimum Gasteiger partial charge on any atom is -0.504 e. The first-order valence-corrected chi connectivity index (χ1v) is 3.87. The molecular weight excluding hydrogens is 210 g/mol. The molecule has 0 amide bonds. The fraction of sp³-hybridized carbons (Fsp3) is 0.143. The summed E-state index contributed by atoms with van der Waals surface area (Å²) in [6.07, 6.45) is 0. The highest BCUT2D eigenvalue weighted by atomic mass is 79.9. The van der Waals surface area contributed by atoms with Crippen LogP contribution in [0.2, 0.25) is 0 Å². The van der Waals surface area contributed by atoms with Crippen LogP contribution in [0.25, 0.3) is 0 Å². The van der Waals surface area contributed by atoms with Crippen molar-refractivity contribution in [3.8, 4) is 11.5 Å². The smallest absolute Gasteiger partial charge is 0.157 e. The van der Waals surface area contributed by atoms with Gasteiger partial charge in [0.05, 0.1) is 0 Å². The molecule has 11 heavy (non-hydrogen) atoms. The van der Waals surface area contributed by atoms with Gasteiger partial charge in [0, 0.05) is 22.7 Å². The van der Waals surface area contributed by atoms with Gasteiger partial charge in [0.15, 0.2) is 11.5 Å². The van der Waals surface area contributed by atoms with Crippen LogP contribution in [-0.2, 0) is 6.54 Å². The SMILES string of the molecule is Oc1ccc(CNBr)cc1O. The lowest BCUT2D eigenvalue weighted by molar-refractivity contribution is 0.403. The highest BCUT2D eigenvalue weighted by Crippen LogP contribution is 2.24. The van der Waals surface area contributed by atoms with E-state index < -0.39 is 0 Å². The predicted molar refractivity (Wildman–Crippen MR) is 45.5 cm³/mol. The second-order valence-corrected chi connectivity index (χ2v) is 2.69. The third kappa shape index (κ3) is 2.10. The van der Waals surface area contributed by atoms with E-state index in [2.05, 4.69) is 20.5 Å². The molecule has 0 fully saturated rings. The van der Waals surface area contributed by atoms with Gasteiger partial charge in [-0.25, -0.2) is 0 Å². The van der Waals surface area contributed by atoms with Gasteiger partial charge in [-0.2, -0.15) is 0 Å². The summed E-state index contributed by atoms with van der Waals surface area (Å²) in [4.78, 5) is 0. The fourth-order valence-corrected chi connectivity index (χ4v) is 1.08. The summed E-state index contributed by atoms with van der Waals surface area (Å²) in [5.41, 5.74) is 0.900. The topological polar surface area (TPSA) is 52.5 Å². The second kappa shape index (κ2) is 3.59. The number of hydrogen-bond acceptors (Lipinski definition) is 3. The maximum absolute atomic E-state index is 9.03. The van der Waals surface area contributed by atoms with Crippen LogP contribution in [0.4, 0.5) is 0 Å². The van der Waals surface area contributed by atoms with Crippen LogP contribution in [0.15, 0.2) is 18.2 Å². The van der Waals surface area contributed by atoms with E-state index >= 15 is 0 Å². The highest BCUT2D eigenvalue weighted by Gasteiger charge is 1.98. The molecule has 0 bridgehead atoms. The van der Waals surface area contributed by atoms with Crippen LogP contribution < -0.4 is 4.34 Å². The first-order valence-electron chi connectivity index (χ1n) is 3.08. The normalized spacial score (nSPS) is 9.91. The van der Waals surface area contributed by atoms with Crippen molar-refractivity contribution in [2.24, 2.45) is 0 Å². The molecule has 1 aromatic carbocycles. The van der Waals surface area contributed by atoms with Crippen molar-refractivity contribution in [1.29, 1.82) is 0 Å². The van der Waals surface area contributed by atoms with Crippen molar-refractivity contribution in [3.63, 3.8) is 0 Å². The molecule has 0 saturated heterocycles. The molecule has 0 saturated carbocycles. The molecule has 1 rings (SSSR count). The number of benzene rings is 1. The molecule has 0 heterocycles. The third-order valence-electron chi connectivity index (χ3n) is 1.31. The van der Waals surface area contributed by atoms with E-state index in [-0.39, 0.29) is 11.5 Å². The Labute approximate surface area is 73.0 Å². The maximum Gasteiger partial charge on any atom is 0.157 e. The molecule has 0 atom stereocenters. The van der Waals surface area contributed by atoms with E-state index in [4.69, 9.17) is 10.2 Å². The Kier molecular flexibility index (Phi) is 2.73. The molecule has 0 unspecified atom stereocenters. The van der Waals surface area contributed by atoms with Gasteiger partial charge in [-0.05, 0) is 17.7 Å². The molecule has 0 aliphatic carbocycles. The summed E-state index contributed by atoms with van der Waals surface area (Å²) in [5, 5.41) is 18.0. The largest absolute Gasteiger partial charge is 0.504 e. The Balaban J connectivity index is 2.86. The van der Waals surface area contributed by atoms with Gasteiger partial charge in [-0.1, -0.05) is 6.07 Å². The quantitative estimate of drug-likeness (QED) is 0.520. The molecule has 0 radical (unpaired) electrons. The Hall–Kier alpha value is -0.740. The Bertz CT molecular complexity index is 252. The molecular formula is C7H8BrNO2. The van der Waals surface area contributed by atoms with Gasteiger partial charge in [-0.3, -0.25) is 4.34 Å². The van der Waals surface area contributed by atoms with Crippen LogP contribution in [0.5, 0.6) is 11.5 Å². The van der Waals surface area contributed by atoms with E-state index in [1.807, 2.05) is 0 Å². The third-order valence-corrected chi connectivity index (χ3v) is 1.59. The van der Waals surface area contributed by atoms with Gasteiger partial charge >= 0.3 is 0 Å². The molecule has 3 nitrogen and oxygen atoms in total. The number of halogens is 1. The van der Waals surface area contributed by atoms with Crippen LogP contribution in [0, 0.1) is 0 Å². The van der Waals surface area contributed by atoms with Crippen LogP contribution in [0.1, 0.15) is 5.56 Å². The number of aromatic hydroxyl groups is 2. The lowest BCUT2D eigenvalue weighted by Gasteiger charge is -2.00. The van der Waals surface area contributed by atoms with E-state index in [0.29, 0.717) is 6.54 Å². The number of hydrogen-bond donors (Lipinski definition) is 3. The molecule has 60 valence electrons. The van der Waals surface area contributed by atoms with Crippen LogP contribution in [-0.4, -0.2) is 10.2 Å². The molecule has 0 aliphatic rings. The predicted octanol–water partition coefficient (Wildman–Crippen LogP) is 1.50. The summed E-state index contributed by atoms with van der Waals surface area (Å²) in [6.45, 7) is 0.605. The van der Waals surface area contributed by atoms with Crippen molar-refractivity contribution in [2.45, 2.75) is 6.54 Å². The van der Waals surface area contributed by atoms with E-state index in [1.54, 1.807) is 6.07 Å². The van der Waals surface area contributed by atoms with Crippen molar-refractivity contribution in [1.82, 2.24) is 4.34 Å². The van der Waals surface area contributed by atoms with Crippen LogP contribution in [0.3, 0.4) is 0 Å². The zero-order chi connectivity index (χ0) is 8.27. The van der Waals surface area contributed by atoms with Gasteiger partial charge in [0.25, 0.3) is 0 Å². The minimum absolute atomic E-state index is 0.0924. The number of nitrogens with one attached hydrogen (secondary N) is 1. The Morgan fingerprint density at radius 1 is 1.27 bits per heavy atom. The lowest BCUT2D eigenvalue weighted by Crippen LogP contribution is -1.96. The highest BCUT2D eigenvalue weighted by molar-refractivity contribution is 9.08. The van der Waals surface area contributed by atoms with Gasteiger partial charge < -0.3 is 10.2 Å². The summed E-state index contributed by atoms with van der Waals surface area (Å²) in [6, 6.07) is 4.68. The minimum atomic E-state index is -0.0941. The van der Waals surface area contributed by atoms with E-state index in [9.17, 15) is 0 Å². The van der Waals surface area contributed by atoms with Gasteiger partial charge in [-0.15, -0.1) is 0 Å². The molecule has 0 aliphatic heterocycles. The van der Waals surface area contributed by atoms with E-state index in [0.717, 1.165) is 5.56 Å². The summed E-state index contributed by atoms with van der Waals surface area (Å²) < 4.78 is 2.75. The van der Waals surface area contributed by atoms with Gasteiger partial charge in [0.2, 0.25) is 0 Å². The van der Waals surface area contributed by atoms with Crippen molar-refractivity contribution < 1.29 is 10.2 Å². The Morgan fingerprint density at radius 2 is 2.00 bits per heavy atom. The first-order chi connectivity index (χ1) is 5.24. The zero-order valence-corrected chi connectivity index (χ0v) is 7.30. The van der Waals surface area contributed by atoms with Crippen molar-refractivity contribution >= 4 is 16.1 Å². The molecule has 0 spiro atoms. The number of phenols is 2. The molecule has 3 N–H and O–H groups in total. The van der Waals surface area contributed by atoms with Crippen molar-refractivity contribution in [3.05, 3.63) is 23.8 Å². The van der Waals surface area contributed by atoms with Crippen molar-refractivity contribution in [2.75, 3.05) is 0 Å². The first kappa shape index (κ1) is 8.36. The number of rotatable bonds is 2. The summed E-state index contributed by atoms with van der Waals surface area (Å²) >= 11 is 3.04. The van der Waals surface area contributed by atoms with Crippen LogP contribution >= 0.6 is 16.1 Å². The average molecular weight is 218 g/mol. The van der Waals surface area contributed by atoms with Gasteiger partial charge in [0.1, 0.15) is 0 Å². The lowest BCUT2D eigenvalue weighted by atomic mass is 10.2. The standard InChI is InChI=1S/C7H8BrNO2/c8-9-4-5-1-2-6(10)7(11)3-5/h1-3,9-11H,4H2. The zero-order valence-electron chi connectivity index (χ0n) is 5.71. The van der Waals surface area contributed by atoms with E-state index in [1.165, 1.54) is 12.1 Å². The monoisotopic (exact) mass is 217 g/mol. The maximum atomic E-state index is 9.03. The molecule has 0 aromatic heterocycles. The molecule has 4 heteroatoms. The fourth-order valence-electron chi connectivity index (χ4n) is 0.756. The average Bonchev–Trinajstić information content (AvgIpc) is 1.98. The Morgan fingerprint density at radius 3 is 2.55 bits per heavy atom. The summed E-state index contributed by atoms with van der Waals surface area (Å²) in [7, 11) is 0. The summed E-state index contributed by atoms with van der Waals surface area (Å²) in [5.74, 6) is -0.187.